The van der Waals surface area contributed by atoms with Crippen LogP contribution in [0.2, 0.25) is 18.6 Å². The van der Waals surface area contributed by atoms with E-state index in [0.29, 0.717) is 11.1 Å². The topological polar surface area (TPSA) is 24.1 Å². The maximum absolute atomic E-state index is 3.76. The maximum Gasteiger partial charge on any atom is 0.106 e. The van der Waals surface area contributed by atoms with Gasteiger partial charge in [0.2, 0.25) is 0 Å². The predicted octanol–water partition coefficient (Wildman–Crippen LogP) is 2.01. The number of hydrogen-bond acceptors (Lipinski definition) is 2. The molecule has 2 nitrogen and oxygen atoms in total. The van der Waals surface area contributed by atoms with E-state index in [0.717, 1.165) is 0 Å². The molecule has 98 valence electrons. The molecule has 0 saturated heterocycles. The van der Waals surface area contributed by atoms with Gasteiger partial charge >= 0.3 is 0 Å². The van der Waals surface area contributed by atoms with Gasteiger partial charge < -0.3 is 9.96 Å². The van der Waals surface area contributed by atoms with Crippen LogP contribution < -0.4 is 9.96 Å². The molecule has 1 unspecified atom stereocenters. The summed E-state index contributed by atoms with van der Waals surface area (Å²) in [7, 11) is -0.701. The number of rotatable bonds is 6. The molecular formula is C12H32N2Si2. The minimum atomic E-state index is -0.667. The predicted molar refractivity (Wildman–Crippen MR) is 81.6 cm³/mol. The van der Waals surface area contributed by atoms with Gasteiger partial charge in [0.1, 0.15) is 8.96 Å². The molecule has 0 aliphatic carbocycles. The summed E-state index contributed by atoms with van der Waals surface area (Å²) in [5.74, 6) is 0. The highest BCUT2D eigenvalue weighted by atomic mass is 28.3. The molecular weight excluding hydrogens is 228 g/mol. The monoisotopic (exact) mass is 260 g/mol. The standard InChI is InChI=1S/C12H32N2Si2/c1-11(2,3)13-15-9-8-10-16(7)14-12(4,5)6/h13-14,16H,8-10,15H2,1-7H3. The zero-order valence-electron chi connectivity index (χ0n) is 12.4. The molecule has 0 radical (unpaired) electrons. The maximum atomic E-state index is 3.76. The Kier molecular flexibility index (Phi) is 7.09. The molecule has 0 aliphatic heterocycles. The Hall–Kier alpha value is 0.354. The summed E-state index contributed by atoms with van der Waals surface area (Å²) in [5, 5.41) is 0. The fourth-order valence-corrected chi connectivity index (χ4v) is 6.42. The first-order valence-electron chi connectivity index (χ1n) is 6.63. The lowest BCUT2D eigenvalue weighted by molar-refractivity contribution is 0.516. The van der Waals surface area contributed by atoms with E-state index in [2.05, 4.69) is 58.1 Å². The SMILES string of the molecule is C[SiH](CCC[SiH2]NC(C)(C)C)NC(C)(C)C. The molecule has 0 aromatic heterocycles. The molecule has 0 aliphatic rings. The van der Waals surface area contributed by atoms with Crippen molar-refractivity contribution in [2.45, 2.75) is 77.7 Å². The minimum absolute atomic E-state index is 0.0332. The van der Waals surface area contributed by atoms with E-state index in [1.807, 2.05) is 0 Å². The molecule has 0 spiro atoms. The summed E-state index contributed by atoms with van der Waals surface area (Å²) in [4.78, 5) is 7.44. The molecule has 0 amide bonds. The van der Waals surface area contributed by atoms with E-state index in [4.69, 9.17) is 0 Å². The molecule has 0 heterocycles. The Morgan fingerprint density at radius 3 is 2.00 bits per heavy atom. The second-order valence-corrected chi connectivity index (χ2v) is 11.2. The van der Waals surface area contributed by atoms with Gasteiger partial charge in [-0.05, 0) is 47.6 Å². The van der Waals surface area contributed by atoms with Crippen molar-refractivity contribution in [2.24, 2.45) is 0 Å². The van der Waals surface area contributed by atoms with E-state index in [-0.39, 0.29) is 9.68 Å². The highest BCUT2D eigenvalue weighted by Crippen LogP contribution is 2.06. The van der Waals surface area contributed by atoms with Crippen LogP contribution in [0.3, 0.4) is 0 Å². The normalized spacial score (nSPS) is 15.9. The first-order valence-corrected chi connectivity index (χ1v) is 10.9. The van der Waals surface area contributed by atoms with Crippen LogP contribution in [0.1, 0.15) is 48.0 Å². The Labute approximate surface area is 107 Å². The van der Waals surface area contributed by atoms with Crippen molar-refractivity contribution in [3.05, 3.63) is 0 Å². The lowest BCUT2D eigenvalue weighted by Gasteiger charge is -2.25. The highest BCUT2D eigenvalue weighted by molar-refractivity contribution is 6.54. The van der Waals surface area contributed by atoms with Gasteiger partial charge in [-0.25, -0.2) is 0 Å². The lowest BCUT2D eigenvalue weighted by atomic mass is 10.1. The molecule has 2 N–H and O–H groups in total. The van der Waals surface area contributed by atoms with Crippen LogP contribution in [0.4, 0.5) is 0 Å². The fourth-order valence-electron chi connectivity index (χ4n) is 1.85. The Bertz CT molecular complexity index is 182. The third kappa shape index (κ3) is 12.4. The van der Waals surface area contributed by atoms with Gasteiger partial charge in [-0.1, -0.05) is 19.0 Å². The van der Waals surface area contributed by atoms with Crippen LogP contribution in [0.5, 0.6) is 0 Å². The van der Waals surface area contributed by atoms with Crippen LogP contribution in [0, 0.1) is 0 Å². The van der Waals surface area contributed by atoms with Gasteiger partial charge in [-0.15, -0.1) is 0 Å². The zero-order valence-corrected chi connectivity index (χ0v) is 15.0. The van der Waals surface area contributed by atoms with E-state index in [9.17, 15) is 0 Å². The minimum Gasteiger partial charge on any atom is -0.338 e. The van der Waals surface area contributed by atoms with Crippen molar-refractivity contribution in [3.8, 4) is 0 Å². The highest BCUT2D eigenvalue weighted by Gasteiger charge is 2.14. The van der Waals surface area contributed by atoms with Crippen LogP contribution in [0.15, 0.2) is 0 Å². The zero-order chi connectivity index (χ0) is 12.8. The number of hydrogen-bond donors (Lipinski definition) is 2. The average Bonchev–Trinajstić information content (AvgIpc) is 1.97. The van der Waals surface area contributed by atoms with Crippen LogP contribution in [0.25, 0.3) is 0 Å². The summed E-state index contributed by atoms with van der Waals surface area (Å²) in [6.07, 6.45) is 1.42. The summed E-state index contributed by atoms with van der Waals surface area (Å²) >= 11 is 0. The molecule has 0 saturated carbocycles. The van der Waals surface area contributed by atoms with Crippen molar-refractivity contribution in [1.29, 1.82) is 0 Å². The molecule has 0 rings (SSSR count). The summed E-state index contributed by atoms with van der Waals surface area (Å²) in [6.45, 7) is 16.0. The summed E-state index contributed by atoms with van der Waals surface area (Å²) in [6, 6.07) is 2.89. The quantitative estimate of drug-likeness (QED) is 0.564. The number of nitrogens with one attached hydrogen (secondary N) is 2. The molecule has 0 bridgehead atoms. The van der Waals surface area contributed by atoms with Crippen molar-refractivity contribution >= 4 is 18.6 Å². The van der Waals surface area contributed by atoms with Gasteiger partial charge in [0.25, 0.3) is 0 Å². The van der Waals surface area contributed by atoms with Crippen LogP contribution in [-0.4, -0.2) is 29.7 Å². The largest absolute Gasteiger partial charge is 0.338 e. The summed E-state index contributed by atoms with van der Waals surface area (Å²) in [5.41, 5.74) is 0.644. The summed E-state index contributed by atoms with van der Waals surface area (Å²) < 4.78 is 0. The third-order valence-electron chi connectivity index (χ3n) is 2.40. The third-order valence-corrected chi connectivity index (χ3v) is 7.20. The van der Waals surface area contributed by atoms with Crippen LogP contribution >= 0.6 is 0 Å². The van der Waals surface area contributed by atoms with Crippen molar-refractivity contribution in [2.75, 3.05) is 0 Å². The average molecular weight is 261 g/mol. The van der Waals surface area contributed by atoms with Gasteiger partial charge in [0.05, 0.1) is 9.68 Å². The van der Waals surface area contributed by atoms with Gasteiger partial charge in [0, 0.05) is 11.1 Å². The molecule has 0 aromatic rings. The van der Waals surface area contributed by atoms with Gasteiger partial charge in [0.15, 0.2) is 0 Å². The molecule has 16 heavy (non-hydrogen) atoms. The van der Waals surface area contributed by atoms with E-state index < -0.39 is 8.96 Å². The smallest absolute Gasteiger partial charge is 0.106 e. The van der Waals surface area contributed by atoms with E-state index in [1.165, 1.54) is 18.5 Å². The molecule has 4 heteroatoms. The Morgan fingerprint density at radius 2 is 1.56 bits per heavy atom. The molecule has 0 aromatic carbocycles. The van der Waals surface area contributed by atoms with Gasteiger partial charge in [-0.2, -0.15) is 0 Å². The van der Waals surface area contributed by atoms with Crippen LogP contribution in [-0.2, 0) is 0 Å². The second kappa shape index (κ2) is 6.94. The lowest BCUT2D eigenvalue weighted by Crippen LogP contribution is -2.45. The fraction of sp³-hybridized carbons (Fsp3) is 1.00. The first kappa shape index (κ1) is 16.4. The van der Waals surface area contributed by atoms with E-state index >= 15 is 0 Å². The van der Waals surface area contributed by atoms with E-state index in [1.54, 1.807) is 0 Å². The van der Waals surface area contributed by atoms with Gasteiger partial charge in [-0.3, -0.25) is 0 Å². The first-order chi connectivity index (χ1) is 7.10. The van der Waals surface area contributed by atoms with Crippen molar-refractivity contribution in [1.82, 2.24) is 9.96 Å². The molecule has 1 atom stereocenters. The van der Waals surface area contributed by atoms with Crippen molar-refractivity contribution < 1.29 is 0 Å². The Balaban J connectivity index is 3.45. The Morgan fingerprint density at radius 1 is 1.00 bits per heavy atom. The second-order valence-electron chi connectivity index (χ2n) is 6.97. The molecule has 0 fully saturated rings. The van der Waals surface area contributed by atoms with Crippen molar-refractivity contribution in [3.63, 3.8) is 0 Å².